The largest absolute Gasteiger partial charge is 0.372 e. The number of aromatic nitrogens is 1. The minimum atomic E-state index is 0.180. The van der Waals surface area contributed by atoms with E-state index >= 15 is 0 Å². The molecule has 3 rings (SSSR count). The summed E-state index contributed by atoms with van der Waals surface area (Å²) < 4.78 is 5.48. The van der Waals surface area contributed by atoms with E-state index in [1.165, 1.54) is 27.8 Å². The molecule has 2 heterocycles. The third-order valence-electron chi connectivity index (χ3n) is 3.76. The van der Waals surface area contributed by atoms with Gasteiger partial charge in [0.25, 0.3) is 0 Å². The van der Waals surface area contributed by atoms with E-state index in [0.717, 1.165) is 13.2 Å². The fraction of sp³-hybridized carbons (Fsp3) is 0.312. The van der Waals surface area contributed by atoms with Crippen LogP contribution in [0.3, 0.4) is 0 Å². The number of aryl methyl sites for hydroxylation is 1. The monoisotopic (exact) mass is 254 g/mol. The van der Waals surface area contributed by atoms with Crippen molar-refractivity contribution in [2.75, 3.05) is 7.05 Å². The maximum absolute atomic E-state index is 5.48. The van der Waals surface area contributed by atoms with Crippen LogP contribution in [0.1, 0.15) is 33.9 Å². The summed E-state index contributed by atoms with van der Waals surface area (Å²) in [6, 6.07) is 8.83. The molecule has 1 aliphatic rings. The van der Waals surface area contributed by atoms with Gasteiger partial charge in [0.15, 0.2) is 0 Å². The summed E-state index contributed by atoms with van der Waals surface area (Å²) in [4.78, 5) is 4.25. The first-order chi connectivity index (χ1) is 9.29. The summed E-state index contributed by atoms with van der Waals surface area (Å²) in [5.41, 5.74) is 6.36. The summed E-state index contributed by atoms with van der Waals surface area (Å²) >= 11 is 0. The fourth-order valence-corrected chi connectivity index (χ4v) is 2.65. The van der Waals surface area contributed by atoms with Crippen LogP contribution < -0.4 is 5.32 Å². The van der Waals surface area contributed by atoms with Crippen LogP contribution in [0, 0.1) is 6.92 Å². The molecular weight excluding hydrogens is 236 g/mol. The highest BCUT2D eigenvalue weighted by Gasteiger charge is 2.18. The summed E-state index contributed by atoms with van der Waals surface area (Å²) in [6.45, 7) is 3.59. The van der Waals surface area contributed by atoms with E-state index in [4.69, 9.17) is 4.74 Å². The number of hydrogen-bond acceptors (Lipinski definition) is 3. The van der Waals surface area contributed by atoms with Crippen molar-refractivity contribution in [3.63, 3.8) is 0 Å². The van der Waals surface area contributed by atoms with Crippen molar-refractivity contribution < 1.29 is 4.74 Å². The number of rotatable bonds is 3. The van der Waals surface area contributed by atoms with Gasteiger partial charge >= 0.3 is 0 Å². The molecule has 3 heteroatoms. The van der Waals surface area contributed by atoms with Crippen LogP contribution in [0.15, 0.2) is 36.7 Å². The SMILES string of the molecule is CNC(c1ccc2c(c1)COC2)c1cnccc1C. The molecule has 0 spiro atoms. The minimum Gasteiger partial charge on any atom is -0.372 e. The quantitative estimate of drug-likeness (QED) is 0.914. The van der Waals surface area contributed by atoms with Gasteiger partial charge in [0.2, 0.25) is 0 Å². The van der Waals surface area contributed by atoms with Crippen molar-refractivity contribution in [3.8, 4) is 0 Å². The lowest BCUT2D eigenvalue weighted by Gasteiger charge is -2.19. The molecule has 3 nitrogen and oxygen atoms in total. The molecule has 0 fully saturated rings. The second kappa shape index (κ2) is 5.11. The van der Waals surface area contributed by atoms with E-state index in [2.05, 4.69) is 41.5 Å². The number of nitrogens with one attached hydrogen (secondary N) is 1. The molecule has 1 unspecified atom stereocenters. The average molecular weight is 254 g/mol. The molecule has 19 heavy (non-hydrogen) atoms. The van der Waals surface area contributed by atoms with Crippen molar-refractivity contribution in [1.82, 2.24) is 10.3 Å². The Kier molecular flexibility index (Phi) is 3.32. The Labute approximate surface area is 113 Å². The molecule has 0 amide bonds. The van der Waals surface area contributed by atoms with Crippen LogP contribution in [-0.4, -0.2) is 12.0 Å². The zero-order valence-corrected chi connectivity index (χ0v) is 11.3. The predicted molar refractivity (Wildman–Crippen MR) is 74.8 cm³/mol. The number of ether oxygens (including phenoxy) is 1. The van der Waals surface area contributed by atoms with Gasteiger partial charge in [-0.1, -0.05) is 18.2 Å². The van der Waals surface area contributed by atoms with Crippen molar-refractivity contribution in [1.29, 1.82) is 0 Å². The molecule has 1 atom stereocenters. The Balaban J connectivity index is 2.01. The van der Waals surface area contributed by atoms with E-state index < -0.39 is 0 Å². The first-order valence-electron chi connectivity index (χ1n) is 6.57. The van der Waals surface area contributed by atoms with Crippen LogP contribution in [0.5, 0.6) is 0 Å². The Morgan fingerprint density at radius 3 is 2.84 bits per heavy atom. The highest BCUT2D eigenvalue weighted by Crippen LogP contribution is 2.28. The maximum Gasteiger partial charge on any atom is 0.0725 e. The smallest absolute Gasteiger partial charge is 0.0725 e. The van der Waals surface area contributed by atoms with Crippen molar-refractivity contribution >= 4 is 0 Å². The second-order valence-electron chi connectivity index (χ2n) is 4.97. The van der Waals surface area contributed by atoms with Gasteiger partial charge in [-0.2, -0.15) is 0 Å². The molecular formula is C16H18N2O. The third-order valence-corrected chi connectivity index (χ3v) is 3.76. The highest BCUT2D eigenvalue weighted by atomic mass is 16.5. The van der Waals surface area contributed by atoms with Gasteiger partial charge in [-0.3, -0.25) is 4.98 Å². The van der Waals surface area contributed by atoms with Crippen LogP contribution in [-0.2, 0) is 18.0 Å². The zero-order valence-electron chi connectivity index (χ0n) is 11.3. The maximum atomic E-state index is 5.48. The third kappa shape index (κ3) is 2.27. The van der Waals surface area contributed by atoms with Crippen molar-refractivity contribution in [3.05, 3.63) is 64.5 Å². The van der Waals surface area contributed by atoms with Crippen LogP contribution >= 0.6 is 0 Å². The lowest BCUT2D eigenvalue weighted by Crippen LogP contribution is -2.19. The number of fused-ring (bicyclic) bond motifs is 1. The summed E-state index contributed by atoms with van der Waals surface area (Å²) in [5.74, 6) is 0. The molecule has 0 saturated heterocycles. The van der Waals surface area contributed by atoms with E-state index in [-0.39, 0.29) is 6.04 Å². The summed E-state index contributed by atoms with van der Waals surface area (Å²) in [6.07, 6.45) is 3.78. The first-order valence-corrected chi connectivity index (χ1v) is 6.57. The molecule has 98 valence electrons. The molecule has 1 N–H and O–H groups in total. The van der Waals surface area contributed by atoms with E-state index in [1.807, 2.05) is 19.4 Å². The zero-order chi connectivity index (χ0) is 13.2. The van der Waals surface area contributed by atoms with E-state index in [0.29, 0.717) is 0 Å². The van der Waals surface area contributed by atoms with Gasteiger partial charge in [-0.25, -0.2) is 0 Å². The lowest BCUT2D eigenvalue weighted by molar-refractivity contribution is 0.134. The molecule has 0 aliphatic carbocycles. The van der Waals surface area contributed by atoms with Gasteiger partial charge in [0, 0.05) is 12.4 Å². The predicted octanol–water partition coefficient (Wildman–Crippen LogP) is 2.73. The van der Waals surface area contributed by atoms with Crippen LogP contribution in [0.4, 0.5) is 0 Å². The molecule has 0 radical (unpaired) electrons. The molecule has 2 aromatic rings. The van der Waals surface area contributed by atoms with Crippen molar-refractivity contribution in [2.45, 2.75) is 26.2 Å². The molecule has 1 aromatic heterocycles. The lowest BCUT2D eigenvalue weighted by atomic mass is 9.94. The molecule has 1 aromatic carbocycles. The number of hydrogen-bond donors (Lipinski definition) is 1. The number of nitrogens with zero attached hydrogens (tertiary/aromatic N) is 1. The topological polar surface area (TPSA) is 34.1 Å². The summed E-state index contributed by atoms with van der Waals surface area (Å²) in [7, 11) is 1.99. The Bertz CT molecular complexity index is 595. The minimum absolute atomic E-state index is 0.180. The van der Waals surface area contributed by atoms with Gasteiger partial charge in [0.1, 0.15) is 0 Å². The standard InChI is InChI=1S/C16H18N2O/c1-11-5-6-18-8-15(11)16(17-2)12-3-4-13-9-19-10-14(13)7-12/h3-8,16-17H,9-10H2,1-2H3. The van der Waals surface area contributed by atoms with Crippen LogP contribution in [0.25, 0.3) is 0 Å². The highest BCUT2D eigenvalue weighted by molar-refractivity contribution is 5.40. The summed E-state index contributed by atoms with van der Waals surface area (Å²) in [5, 5.41) is 3.39. The Morgan fingerprint density at radius 1 is 1.21 bits per heavy atom. The number of benzene rings is 1. The van der Waals surface area contributed by atoms with E-state index in [9.17, 15) is 0 Å². The molecule has 0 bridgehead atoms. The fourth-order valence-electron chi connectivity index (χ4n) is 2.65. The van der Waals surface area contributed by atoms with Crippen LogP contribution in [0.2, 0.25) is 0 Å². The van der Waals surface area contributed by atoms with Gasteiger partial charge in [-0.15, -0.1) is 0 Å². The van der Waals surface area contributed by atoms with Gasteiger partial charge in [-0.05, 0) is 47.9 Å². The second-order valence-corrected chi connectivity index (χ2v) is 4.97. The Morgan fingerprint density at radius 2 is 2.05 bits per heavy atom. The van der Waals surface area contributed by atoms with Crippen molar-refractivity contribution in [2.24, 2.45) is 0 Å². The van der Waals surface area contributed by atoms with Gasteiger partial charge < -0.3 is 10.1 Å². The molecule has 1 aliphatic heterocycles. The number of pyridine rings is 1. The van der Waals surface area contributed by atoms with Gasteiger partial charge in [0.05, 0.1) is 19.3 Å². The first kappa shape index (κ1) is 12.3. The van der Waals surface area contributed by atoms with E-state index in [1.54, 1.807) is 0 Å². The average Bonchev–Trinajstić information content (AvgIpc) is 2.89. The molecule has 0 saturated carbocycles. The Hall–Kier alpha value is -1.71. The normalized spacial score (nSPS) is 15.3.